The molecule has 0 spiro atoms. The van der Waals surface area contributed by atoms with Crippen LogP contribution in [0.15, 0.2) is 40.9 Å². The van der Waals surface area contributed by atoms with Gasteiger partial charge in [-0.2, -0.15) is 17.5 Å². The predicted molar refractivity (Wildman–Crippen MR) is 104 cm³/mol. The molecular weight excluding hydrogens is 423 g/mol. The normalized spacial score (nSPS) is 16.8. The first kappa shape index (κ1) is 24.2. The van der Waals surface area contributed by atoms with Gasteiger partial charge in [-0.3, -0.25) is 15.1 Å². The number of benzene rings is 1. The summed E-state index contributed by atoms with van der Waals surface area (Å²) >= 11 is 0. The molecule has 1 unspecified atom stereocenters. The third-order valence-electron chi connectivity index (χ3n) is 4.39. The Kier molecular flexibility index (Phi) is 7.89. The van der Waals surface area contributed by atoms with Crippen molar-refractivity contribution in [3.63, 3.8) is 0 Å². The molecule has 0 fully saturated rings. The highest BCUT2D eigenvalue weighted by atomic mass is 32.2. The molecular formula is C19H26F3N3O4S. The number of alkyl halides is 3. The van der Waals surface area contributed by atoms with Gasteiger partial charge in [0.25, 0.3) is 5.91 Å². The van der Waals surface area contributed by atoms with E-state index in [-0.39, 0.29) is 25.4 Å². The summed E-state index contributed by atoms with van der Waals surface area (Å²) in [5.41, 5.74) is 2.24. The molecule has 0 aliphatic carbocycles. The van der Waals surface area contributed by atoms with Gasteiger partial charge in [0, 0.05) is 31.8 Å². The number of nitrogens with zero attached hydrogens (tertiary/aromatic N) is 1. The van der Waals surface area contributed by atoms with Crippen LogP contribution in [0.2, 0.25) is 0 Å². The molecule has 1 aromatic carbocycles. The SMILES string of the molecule is CC(C)CNC(=O)C(C)ONC1=CCN(S(=O)(=O)c2cccc(C(F)(F)F)c2)CC1. The second-order valence-corrected chi connectivity index (χ2v) is 9.31. The summed E-state index contributed by atoms with van der Waals surface area (Å²) in [5, 5.41) is 2.74. The van der Waals surface area contributed by atoms with Crippen LogP contribution >= 0.6 is 0 Å². The van der Waals surface area contributed by atoms with E-state index in [2.05, 4.69) is 10.8 Å². The number of halogens is 3. The smallest absolute Gasteiger partial charge is 0.354 e. The molecule has 7 nitrogen and oxygen atoms in total. The van der Waals surface area contributed by atoms with Gasteiger partial charge in [-0.15, -0.1) is 0 Å². The van der Waals surface area contributed by atoms with Crippen molar-refractivity contribution in [1.82, 2.24) is 15.1 Å². The zero-order chi connectivity index (χ0) is 22.5. The van der Waals surface area contributed by atoms with Crippen molar-refractivity contribution in [2.75, 3.05) is 19.6 Å². The largest absolute Gasteiger partial charge is 0.416 e. The van der Waals surface area contributed by atoms with E-state index in [1.165, 1.54) is 0 Å². The summed E-state index contributed by atoms with van der Waals surface area (Å²) in [6.45, 7) is 6.08. The van der Waals surface area contributed by atoms with Gasteiger partial charge >= 0.3 is 6.18 Å². The third kappa shape index (κ3) is 6.44. The van der Waals surface area contributed by atoms with Crippen LogP contribution < -0.4 is 10.8 Å². The van der Waals surface area contributed by atoms with Gasteiger partial charge in [0.05, 0.1) is 10.5 Å². The number of hydrogen-bond donors (Lipinski definition) is 2. The molecule has 168 valence electrons. The van der Waals surface area contributed by atoms with Crippen LogP contribution in [0, 0.1) is 5.92 Å². The fourth-order valence-electron chi connectivity index (χ4n) is 2.61. The number of hydrogen-bond acceptors (Lipinski definition) is 5. The molecule has 2 N–H and O–H groups in total. The minimum absolute atomic E-state index is 0.0296. The predicted octanol–water partition coefficient (Wildman–Crippen LogP) is 2.67. The van der Waals surface area contributed by atoms with Crippen LogP contribution in [0.5, 0.6) is 0 Å². The topological polar surface area (TPSA) is 87.7 Å². The van der Waals surface area contributed by atoms with E-state index in [9.17, 15) is 26.4 Å². The number of sulfonamides is 1. The van der Waals surface area contributed by atoms with Crippen LogP contribution in [0.3, 0.4) is 0 Å². The Balaban J connectivity index is 1.96. The number of nitrogens with one attached hydrogen (secondary N) is 2. The maximum absolute atomic E-state index is 12.9. The van der Waals surface area contributed by atoms with E-state index < -0.39 is 32.8 Å². The lowest BCUT2D eigenvalue weighted by atomic mass is 10.2. The molecule has 1 aromatic rings. The van der Waals surface area contributed by atoms with Crippen LogP contribution in [-0.4, -0.2) is 44.4 Å². The van der Waals surface area contributed by atoms with Crippen molar-refractivity contribution in [2.24, 2.45) is 5.92 Å². The Labute approximate surface area is 174 Å². The first-order valence-electron chi connectivity index (χ1n) is 9.47. The zero-order valence-corrected chi connectivity index (χ0v) is 17.8. The Morgan fingerprint density at radius 3 is 2.53 bits per heavy atom. The highest BCUT2D eigenvalue weighted by molar-refractivity contribution is 7.89. The first-order chi connectivity index (χ1) is 13.9. The second-order valence-electron chi connectivity index (χ2n) is 7.37. The van der Waals surface area contributed by atoms with E-state index in [1.807, 2.05) is 13.8 Å². The number of carbonyl (C=O) groups is 1. The highest BCUT2D eigenvalue weighted by Crippen LogP contribution is 2.31. The molecule has 1 atom stereocenters. The summed E-state index contributed by atoms with van der Waals surface area (Å²) in [4.78, 5) is 16.8. The standard InChI is InChI=1S/C19H26F3N3O4S/c1-13(2)12-23-18(26)14(3)29-24-16-7-9-25(10-8-16)30(27,28)17-6-4-5-15(11-17)19(20,21)22/h4-7,11,13-14,24H,8-10,12H2,1-3H3,(H,23,26). The molecule has 1 aliphatic rings. The molecule has 1 heterocycles. The average Bonchev–Trinajstić information content (AvgIpc) is 2.70. The van der Waals surface area contributed by atoms with Crippen LogP contribution in [-0.2, 0) is 25.8 Å². The number of rotatable bonds is 8. The van der Waals surface area contributed by atoms with Crippen LogP contribution in [0.1, 0.15) is 32.8 Å². The average molecular weight is 449 g/mol. The summed E-state index contributed by atoms with van der Waals surface area (Å²) in [6.07, 6.45) is -3.55. The first-order valence-corrected chi connectivity index (χ1v) is 10.9. The van der Waals surface area contributed by atoms with E-state index in [0.717, 1.165) is 22.5 Å². The molecule has 0 aromatic heterocycles. The monoisotopic (exact) mass is 449 g/mol. The summed E-state index contributed by atoms with van der Waals surface area (Å²) in [5.74, 6) is 0.0290. The van der Waals surface area contributed by atoms with Crippen molar-refractivity contribution in [3.8, 4) is 0 Å². The maximum atomic E-state index is 12.9. The van der Waals surface area contributed by atoms with Gasteiger partial charge in [-0.1, -0.05) is 19.9 Å². The number of hydroxylamine groups is 1. The van der Waals surface area contributed by atoms with Gasteiger partial charge in [0.1, 0.15) is 0 Å². The Morgan fingerprint density at radius 1 is 1.27 bits per heavy atom. The number of amides is 1. The van der Waals surface area contributed by atoms with Gasteiger partial charge < -0.3 is 5.32 Å². The molecule has 0 bridgehead atoms. The Hall–Kier alpha value is -2.11. The van der Waals surface area contributed by atoms with Crippen molar-refractivity contribution in [1.29, 1.82) is 0 Å². The van der Waals surface area contributed by atoms with Crippen molar-refractivity contribution >= 4 is 15.9 Å². The van der Waals surface area contributed by atoms with Crippen molar-refractivity contribution < 1.29 is 31.2 Å². The lowest BCUT2D eigenvalue weighted by Crippen LogP contribution is -2.40. The van der Waals surface area contributed by atoms with E-state index in [1.54, 1.807) is 13.0 Å². The lowest BCUT2D eigenvalue weighted by Gasteiger charge is -2.27. The van der Waals surface area contributed by atoms with Gasteiger partial charge in [-0.25, -0.2) is 8.42 Å². The van der Waals surface area contributed by atoms with Gasteiger partial charge in [0.2, 0.25) is 10.0 Å². The summed E-state index contributed by atoms with van der Waals surface area (Å²) < 4.78 is 65.1. The van der Waals surface area contributed by atoms with Crippen molar-refractivity contribution in [3.05, 3.63) is 41.6 Å². The molecule has 0 saturated heterocycles. The maximum Gasteiger partial charge on any atom is 0.416 e. The Bertz CT molecular complexity index is 885. The fourth-order valence-corrected chi connectivity index (χ4v) is 4.04. The number of carbonyl (C=O) groups excluding carboxylic acids is 1. The summed E-state index contributed by atoms with van der Waals surface area (Å²) in [6, 6.07) is 3.67. The molecule has 1 amide bonds. The van der Waals surface area contributed by atoms with E-state index in [0.29, 0.717) is 24.2 Å². The minimum Gasteiger partial charge on any atom is -0.354 e. The molecule has 30 heavy (non-hydrogen) atoms. The molecule has 1 aliphatic heterocycles. The van der Waals surface area contributed by atoms with Crippen LogP contribution in [0.4, 0.5) is 13.2 Å². The Morgan fingerprint density at radius 2 is 1.97 bits per heavy atom. The lowest BCUT2D eigenvalue weighted by molar-refractivity contribution is -0.137. The molecule has 0 radical (unpaired) electrons. The van der Waals surface area contributed by atoms with Crippen LogP contribution in [0.25, 0.3) is 0 Å². The van der Waals surface area contributed by atoms with E-state index >= 15 is 0 Å². The van der Waals surface area contributed by atoms with Crippen molar-refractivity contribution in [2.45, 2.75) is 44.4 Å². The molecule has 11 heteroatoms. The van der Waals surface area contributed by atoms with Gasteiger partial charge in [-0.05, 0) is 37.1 Å². The fraction of sp³-hybridized carbons (Fsp3) is 0.526. The summed E-state index contributed by atoms with van der Waals surface area (Å²) in [7, 11) is -4.07. The van der Waals surface area contributed by atoms with Gasteiger partial charge in [0.15, 0.2) is 6.10 Å². The quantitative estimate of drug-likeness (QED) is 0.596. The zero-order valence-electron chi connectivity index (χ0n) is 17.0. The highest BCUT2D eigenvalue weighted by Gasteiger charge is 2.33. The second kappa shape index (κ2) is 9.80. The third-order valence-corrected chi connectivity index (χ3v) is 6.25. The van der Waals surface area contributed by atoms with E-state index in [4.69, 9.17) is 4.84 Å². The molecule has 2 rings (SSSR count). The minimum atomic E-state index is -4.63. The molecule has 0 saturated carbocycles.